The van der Waals surface area contributed by atoms with Crippen molar-refractivity contribution < 1.29 is 9.52 Å². The third kappa shape index (κ3) is 2.47. The highest BCUT2D eigenvalue weighted by atomic mass is 16.3. The molecular weight excluding hydrogens is 262 g/mol. The smallest absolute Gasteiger partial charge is 0.134 e. The summed E-state index contributed by atoms with van der Waals surface area (Å²) in [6, 6.07) is 13.5. The number of phenolic OH excluding ortho intramolecular Hbond substituents is 1. The molecule has 3 heteroatoms. The second kappa shape index (κ2) is 5.17. The number of anilines is 1. The first-order valence-electron chi connectivity index (χ1n) is 7.10. The molecule has 0 aliphatic carbocycles. The Bertz CT molecular complexity index is 789. The van der Waals surface area contributed by atoms with E-state index in [0.717, 1.165) is 28.0 Å². The van der Waals surface area contributed by atoms with Crippen LogP contribution in [-0.4, -0.2) is 5.11 Å². The van der Waals surface area contributed by atoms with Gasteiger partial charge in [-0.3, -0.25) is 0 Å². The second-order valence-corrected chi connectivity index (χ2v) is 5.45. The topological polar surface area (TPSA) is 45.4 Å². The Kier molecular flexibility index (Phi) is 3.34. The molecule has 1 aromatic heterocycles. The molecule has 0 amide bonds. The summed E-state index contributed by atoms with van der Waals surface area (Å²) in [6.45, 7) is 6.14. The number of furan rings is 1. The molecule has 1 atom stereocenters. The summed E-state index contributed by atoms with van der Waals surface area (Å²) in [6.07, 6.45) is 0. The van der Waals surface area contributed by atoms with Crippen LogP contribution in [0.3, 0.4) is 0 Å². The van der Waals surface area contributed by atoms with E-state index >= 15 is 0 Å². The van der Waals surface area contributed by atoms with Crippen LogP contribution in [0.5, 0.6) is 5.75 Å². The van der Waals surface area contributed by atoms with Crippen molar-refractivity contribution in [2.75, 3.05) is 5.32 Å². The fraction of sp³-hybridized carbons (Fsp3) is 0.222. The zero-order valence-electron chi connectivity index (χ0n) is 12.5. The first-order chi connectivity index (χ1) is 10.1. The molecule has 3 nitrogen and oxygen atoms in total. The lowest BCUT2D eigenvalue weighted by molar-refractivity contribution is 0.475. The van der Waals surface area contributed by atoms with Crippen molar-refractivity contribution in [3.63, 3.8) is 0 Å². The van der Waals surface area contributed by atoms with Crippen LogP contribution in [0.2, 0.25) is 0 Å². The molecule has 1 unspecified atom stereocenters. The van der Waals surface area contributed by atoms with Crippen LogP contribution in [0.1, 0.15) is 29.9 Å². The van der Waals surface area contributed by atoms with Crippen LogP contribution < -0.4 is 5.32 Å². The van der Waals surface area contributed by atoms with E-state index in [2.05, 4.69) is 25.2 Å². The number of benzene rings is 2. The number of rotatable bonds is 3. The lowest BCUT2D eigenvalue weighted by Crippen LogP contribution is -2.07. The van der Waals surface area contributed by atoms with Crippen molar-refractivity contribution in [1.29, 1.82) is 0 Å². The average Bonchev–Trinajstić information content (AvgIpc) is 2.80. The first-order valence-corrected chi connectivity index (χ1v) is 7.10. The third-order valence-corrected chi connectivity index (χ3v) is 3.86. The Morgan fingerprint density at radius 2 is 1.86 bits per heavy atom. The van der Waals surface area contributed by atoms with E-state index in [1.165, 1.54) is 5.56 Å². The Morgan fingerprint density at radius 1 is 1.10 bits per heavy atom. The van der Waals surface area contributed by atoms with Gasteiger partial charge in [-0.15, -0.1) is 0 Å². The molecule has 0 saturated heterocycles. The van der Waals surface area contributed by atoms with Gasteiger partial charge in [-0.2, -0.15) is 0 Å². The molecule has 0 radical (unpaired) electrons. The maximum Gasteiger partial charge on any atom is 0.134 e. The summed E-state index contributed by atoms with van der Waals surface area (Å²) in [7, 11) is 0. The summed E-state index contributed by atoms with van der Waals surface area (Å²) in [5.41, 5.74) is 4.10. The quantitative estimate of drug-likeness (QED) is 0.669. The predicted molar refractivity (Wildman–Crippen MR) is 85.8 cm³/mol. The molecule has 1 heterocycles. The third-order valence-electron chi connectivity index (χ3n) is 3.86. The van der Waals surface area contributed by atoms with Crippen molar-refractivity contribution in [3.8, 4) is 5.75 Å². The Hall–Kier alpha value is -2.42. The number of aryl methyl sites for hydroxylation is 2. The predicted octanol–water partition coefficient (Wildman–Crippen LogP) is 4.93. The van der Waals surface area contributed by atoms with Crippen LogP contribution in [0.25, 0.3) is 11.0 Å². The maximum absolute atomic E-state index is 9.48. The molecular formula is C18H19NO2. The van der Waals surface area contributed by atoms with Crippen LogP contribution in [0, 0.1) is 13.8 Å². The molecule has 2 N–H and O–H groups in total. The van der Waals surface area contributed by atoms with E-state index in [1.807, 2.05) is 31.2 Å². The largest absolute Gasteiger partial charge is 0.508 e. The average molecular weight is 281 g/mol. The highest BCUT2D eigenvalue weighted by Crippen LogP contribution is 2.32. The highest BCUT2D eigenvalue weighted by Gasteiger charge is 2.16. The Labute approximate surface area is 124 Å². The highest BCUT2D eigenvalue weighted by molar-refractivity contribution is 5.82. The first kappa shape index (κ1) is 13.6. The van der Waals surface area contributed by atoms with Gasteiger partial charge in [-0.25, -0.2) is 0 Å². The number of hydrogen-bond acceptors (Lipinski definition) is 3. The lowest BCUT2D eigenvalue weighted by Gasteiger charge is -2.16. The normalized spacial score (nSPS) is 12.5. The molecule has 108 valence electrons. The van der Waals surface area contributed by atoms with E-state index < -0.39 is 0 Å². The molecule has 0 aliphatic heterocycles. The van der Waals surface area contributed by atoms with E-state index in [9.17, 15) is 5.11 Å². The van der Waals surface area contributed by atoms with Crippen molar-refractivity contribution in [2.24, 2.45) is 0 Å². The van der Waals surface area contributed by atoms with Crippen molar-refractivity contribution >= 4 is 16.7 Å². The fourth-order valence-electron chi connectivity index (χ4n) is 2.71. The minimum absolute atomic E-state index is 0.0562. The van der Waals surface area contributed by atoms with Gasteiger partial charge in [0.2, 0.25) is 0 Å². The van der Waals surface area contributed by atoms with Crippen LogP contribution in [0.15, 0.2) is 46.9 Å². The molecule has 0 bridgehead atoms. The molecule has 0 spiro atoms. The summed E-state index contributed by atoms with van der Waals surface area (Å²) in [5, 5.41) is 14.1. The minimum atomic E-state index is 0.0562. The SMILES string of the molecule is Cc1cc(O)ccc1NC(C)c1oc2ccccc2c1C. The number of phenols is 1. The van der Waals surface area contributed by atoms with E-state index in [4.69, 9.17) is 4.42 Å². The molecule has 3 aromatic rings. The second-order valence-electron chi connectivity index (χ2n) is 5.45. The zero-order chi connectivity index (χ0) is 15.0. The van der Waals surface area contributed by atoms with Crippen LogP contribution >= 0.6 is 0 Å². The number of fused-ring (bicyclic) bond motifs is 1. The number of para-hydroxylation sites is 1. The summed E-state index contributed by atoms with van der Waals surface area (Å²) >= 11 is 0. The summed E-state index contributed by atoms with van der Waals surface area (Å²) in [4.78, 5) is 0. The van der Waals surface area contributed by atoms with Gasteiger partial charge >= 0.3 is 0 Å². The molecule has 2 aromatic carbocycles. The van der Waals surface area contributed by atoms with E-state index in [-0.39, 0.29) is 11.8 Å². The zero-order valence-corrected chi connectivity index (χ0v) is 12.5. The summed E-state index contributed by atoms with van der Waals surface area (Å²) in [5.74, 6) is 1.23. The van der Waals surface area contributed by atoms with Gasteiger partial charge in [-0.05, 0) is 50.6 Å². The van der Waals surface area contributed by atoms with Gasteiger partial charge in [0.05, 0.1) is 6.04 Å². The van der Waals surface area contributed by atoms with Crippen molar-refractivity contribution in [3.05, 3.63) is 59.4 Å². The molecule has 21 heavy (non-hydrogen) atoms. The lowest BCUT2D eigenvalue weighted by atomic mass is 10.1. The van der Waals surface area contributed by atoms with E-state index in [0.29, 0.717) is 0 Å². The van der Waals surface area contributed by atoms with Gasteiger partial charge in [0.25, 0.3) is 0 Å². The number of nitrogens with one attached hydrogen (secondary N) is 1. The number of hydrogen-bond donors (Lipinski definition) is 2. The van der Waals surface area contributed by atoms with Gasteiger partial charge in [-0.1, -0.05) is 18.2 Å². The van der Waals surface area contributed by atoms with Gasteiger partial charge in [0.15, 0.2) is 0 Å². The Balaban J connectivity index is 1.93. The monoisotopic (exact) mass is 281 g/mol. The van der Waals surface area contributed by atoms with Gasteiger partial charge in [0, 0.05) is 16.6 Å². The molecule has 0 saturated carbocycles. The molecule has 0 aliphatic rings. The number of aromatic hydroxyl groups is 1. The fourth-order valence-corrected chi connectivity index (χ4v) is 2.71. The van der Waals surface area contributed by atoms with E-state index in [1.54, 1.807) is 12.1 Å². The van der Waals surface area contributed by atoms with Gasteiger partial charge in [0.1, 0.15) is 17.1 Å². The van der Waals surface area contributed by atoms with Crippen LogP contribution in [-0.2, 0) is 0 Å². The van der Waals surface area contributed by atoms with Gasteiger partial charge < -0.3 is 14.8 Å². The summed E-state index contributed by atoms with van der Waals surface area (Å²) < 4.78 is 5.98. The Morgan fingerprint density at radius 3 is 2.57 bits per heavy atom. The minimum Gasteiger partial charge on any atom is -0.508 e. The molecule has 3 rings (SSSR count). The van der Waals surface area contributed by atoms with Crippen LogP contribution in [0.4, 0.5) is 5.69 Å². The standard InChI is InChI=1S/C18H19NO2/c1-11-10-14(20)8-9-16(11)19-13(3)18-12(2)15-6-4-5-7-17(15)21-18/h4-10,13,19-20H,1-3H3. The van der Waals surface area contributed by atoms with Crippen molar-refractivity contribution in [2.45, 2.75) is 26.8 Å². The van der Waals surface area contributed by atoms with Crippen molar-refractivity contribution in [1.82, 2.24) is 0 Å². The molecule has 0 fully saturated rings. The maximum atomic E-state index is 9.48.